The van der Waals surface area contributed by atoms with Crippen LogP contribution in [0.25, 0.3) is 0 Å². The Morgan fingerprint density at radius 2 is 2.15 bits per heavy atom. The van der Waals surface area contributed by atoms with Crippen molar-refractivity contribution in [2.45, 2.75) is 25.2 Å². The van der Waals surface area contributed by atoms with Crippen LogP contribution in [0, 0.1) is 0 Å². The second-order valence-electron chi connectivity index (χ2n) is 4.84. The van der Waals surface area contributed by atoms with Crippen LogP contribution in [0.3, 0.4) is 0 Å². The molecule has 1 unspecified atom stereocenters. The monoisotopic (exact) mass is 315 g/mol. The van der Waals surface area contributed by atoms with Crippen molar-refractivity contribution in [2.24, 2.45) is 0 Å². The number of hydrogen-bond donors (Lipinski definition) is 1. The third kappa shape index (κ3) is 3.07. The number of rotatable bonds is 4. The van der Waals surface area contributed by atoms with Crippen LogP contribution in [0.15, 0.2) is 18.2 Å². The first-order valence-corrected chi connectivity index (χ1v) is 7.10. The molecule has 2 rings (SSSR count). The van der Waals surface area contributed by atoms with Gasteiger partial charge in [-0.3, -0.25) is 9.59 Å². The van der Waals surface area contributed by atoms with Crippen LogP contribution in [0.2, 0.25) is 10.0 Å². The Balaban J connectivity index is 2.34. The number of amides is 1. The van der Waals surface area contributed by atoms with Crippen LogP contribution in [-0.2, 0) is 19.7 Å². The van der Waals surface area contributed by atoms with E-state index in [1.54, 1.807) is 25.1 Å². The standard InChI is InChI=1S/C14H15Cl2NO3/c1-2-20-13(19)7-14(6-12(18)17-8-14)9-3-4-10(15)11(16)5-9/h3-5H,2,6-8H2,1H3,(H,17,18). The smallest absolute Gasteiger partial charge is 0.306 e. The Morgan fingerprint density at radius 3 is 2.70 bits per heavy atom. The molecule has 1 aliphatic heterocycles. The molecule has 0 radical (unpaired) electrons. The molecular formula is C14H15Cl2NO3. The van der Waals surface area contributed by atoms with E-state index in [0.29, 0.717) is 23.2 Å². The van der Waals surface area contributed by atoms with Gasteiger partial charge in [-0.05, 0) is 24.6 Å². The van der Waals surface area contributed by atoms with Gasteiger partial charge in [0, 0.05) is 18.4 Å². The zero-order valence-corrected chi connectivity index (χ0v) is 12.6. The number of hydrogen-bond acceptors (Lipinski definition) is 3. The van der Waals surface area contributed by atoms with Crippen molar-refractivity contribution in [1.82, 2.24) is 5.32 Å². The summed E-state index contributed by atoms with van der Waals surface area (Å²) in [6.07, 6.45) is 0.376. The van der Waals surface area contributed by atoms with Gasteiger partial charge in [-0.1, -0.05) is 29.3 Å². The Bertz CT molecular complexity index is 547. The lowest BCUT2D eigenvalue weighted by Crippen LogP contribution is -2.32. The summed E-state index contributed by atoms with van der Waals surface area (Å²) in [6, 6.07) is 5.19. The van der Waals surface area contributed by atoms with Gasteiger partial charge in [0.05, 0.1) is 23.1 Å². The van der Waals surface area contributed by atoms with Gasteiger partial charge in [-0.2, -0.15) is 0 Å². The number of benzene rings is 1. The van der Waals surface area contributed by atoms with Gasteiger partial charge in [-0.25, -0.2) is 0 Å². The maximum atomic E-state index is 11.8. The van der Waals surface area contributed by atoms with Gasteiger partial charge in [0.25, 0.3) is 0 Å². The Hall–Kier alpha value is -1.26. The quantitative estimate of drug-likeness (QED) is 0.869. The first kappa shape index (κ1) is 15.1. The molecule has 0 saturated carbocycles. The van der Waals surface area contributed by atoms with Crippen molar-refractivity contribution >= 4 is 35.1 Å². The maximum Gasteiger partial charge on any atom is 0.306 e. The van der Waals surface area contributed by atoms with Crippen molar-refractivity contribution in [3.05, 3.63) is 33.8 Å². The molecule has 4 nitrogen and oxygen atoms in total. The number of nitrogens with one attached hydrogen (secondary N) is 1. The lowest BCUT2D eigenvalue weighted by molar-refractivity contribution is -0.144. The molecular weight excluding hydrogens is 301 g/mol. The zero-order chi connectivity index (χ0) is 14.8. The van der Waals surface area contributed by atoms with E-state index in [4.69, 9.17) is 27.9 Å². The molecule has 108 valence electrons. The number of esters is 1. The van der Waals surface area contributed by atoms with Gasteiger partial charge >= 0.3 is 5.97 Å². The van der Waals surface area contributed by atoms with E-state index in [1.165, 1.54) is 0 Å². The summed E-state index contributed by atoms with van der Waals surface area (Å²) in [5.74, 6) is -0.407. The number of carbonyl (C=O) groups is 2. The molecule has 1 aliphatic rings. The first-order valence-electron chi connectivity index (χ1n) is 6.35. The molecule has 1 saturated heterocycles. The highest BCUT2D eigenvalue weighted by atomic mass is 35.5. The minimum absolute atomic E-state index is 0.0830. The normalized spacial score (nSPS) is 21.6. The van der Waals surface area contributed by atoms with E-state index in [9.17, 15) is 9.59 Å². The van der Waals surface area contributed by atoms with E-state index >= 15 is 0 Å². The van der Waals surface area contributed by atoms with Gasteiger partial charge < -0.3 is 10.1 Å². The highest BCUT2D eigenvalue weighted by Crippen LogP contribution is 2.37. The number of halogens is 2. The summed E-state index contributed by atoms with van der Waals surface area (Å²) >= 11 is 11.9. The highest BCUT2D eigenvalue weighted by molar-refractivity contribution is 6.42. The Morgan fingerprint density at radius 1 is 1.40 bits per heavy atom. The molecule has 1 aromatic carbocycles. The molecule has 6 heteroatoms. The SMILES string of the molecule is CCOC(=O)CC1(c2ccc(Cl)c(Cl)c2)CNC(=O)C1. The lowest BCUT2D eigenvalue weighted by Gasteiger charge is -2.27. The van der Waals surface area contributed by atoms with Crippen molar-refractivity contribution in [1.29, 1.82) is 0 Å². The van der Waals surface area contributed by atoms with E-state index in [-0.39, 0.29) is 24.7 Å². The fourth-order valence-electron chi connectivity index (χ4n) is 2.45. The van der Waals surface area contributed by atoms with Crippen molar-refractivity contribution < 1.29 is 14.3 Å². The summed E-state index contributed by atoms with van der Waals surface area (Å²) in [5, 5.41) is 3.62. The van der Waals surface area contributed by atoms with E-state index in [0.717, 1.165) is 5.56 Å². The summed E-state index contributed by atoms with van der Waals surface area (Å²) < 4.78 is 5.00. The largest absolute Gasteiger partial charge is 0.466 e. The summed E-state index contributed by atoms with van der Waals surface area (Å²) in [5.41, 5.74) is 0.204. The summed E-state index contributed by atoms with van der Waals surface area (Å²) in [7, 11) is 0. The fraction of sp³-hybridized carbons (Fsp3) is 0.429. The lowest BCUT2D eigenvalue weighted by atomic mass is 9.77. The van der Waals surface area contributed by atoms with Gasteiger partial charge in [0.1, 0.15) is 0 Å². The molecule has 0 aromatic heterocycles. The van der Waals surface area contributed by atoms with Crippen LogP contribution >= 0.6 is 23.2 Å². The molecule has 0 spiro atoms. The van der Waals surface area contributed by atoms with Crippen molar-refractivity contribution in [3.63, 3.8) is 0 Å². The van der Waals surface area contributed by atoms with Gasteiger partial charge in [-0.15, -0.1) is 0 Å². The summed E-state index contributed by atoms with van der Waals surface area (Å²) in [6.45, 7) is 2.46. The predicted octanol–water partition coefficient (Wildman–Crippen LogP) is 2.70. The number of carbonyl (C=O) groups excluding carboxylic acids is 2. The number of ether oxygens (including phenoxy) is 1. The third-order valence-electron chi connectivity index (χ3n) is 3.44. The highest BCUT2D eigenvalue weighted by Gasteiger charge is 2.42. The molecule has 0 aliphatic carbocycles. The van der Waals surface area contributed by atoms with Gasteiger partial charge in [0.2, 0.25) is 5.91 Å². The fourth-order valence-corrected chi connectivity index (χ4v) is 2.74. The molecule has 0 bridgehead atoms. The zero-order valence-electron chi connectivity index (χ0n) is 11.0. The van der Waals surface area contributed by atoms with Crippen molar-refractivity contribution in [3.8, 4) is 0 Å². The first-order chi connectivity index (χ1) is 9.47. The minimum Gasteiger partial charge on any atom is -0.466 e. The molecule has 1 N–H and O–H groups in total. The summed E-state index contributed by atoms with van der Waals surface area (Å²) in [4.78, 5) is 23.4. The molecule has 1 amide bonds. The molecule has 1 fully saturated rings. The van der Waals surface area contributed by atoms with E-state index in [2.05, 4.69) is 5.32 Å². The van der Waals surface area contributed by atoms with E-state index in [1.807, 2.05) is 0 Å². The van der Waals surface area contributed by atoms with Crippen LogP contribution in [0.4, 0.5) is 0 Å². The van der Waals surface area contributed by atoms with Crippen molar-refractivity contribution in [2.75, 3.05) is 13.2 Å². The average molecular weight is 316 g/mol. The van der Waals surface area contributed by atoms with E-state index < -0.39 is 5.41 Å². The second-order valence-corrected chi connectivity index (χ2v) is 5.66. The van der Waals surface area contributed by atoms with Crippen LogP contribution < -0.4 is 5.32 Å². The topological polar surface area (TPSA) is 55.4 Å². The average Bonchev–Trinajstić information content (AvgIpc) is 2.75. The Labute approximate surface area is 127 Å². The molecule has 1 heterocycles. The van der Waals surface area contributed by atoms with Gasteiger partial charge in [0.15, 0.2) is 0 Å². The minimum atomic E-state index is -0.614. The predicted molar refractivity (Wildman–Crippen MR) is 77.0 cm³/mol. The third-order valence-corrected chi connectivity index (χ3v) is 4.18. The molecule has 1 atom stereocenters. The van der Waals surface area contributed by atoms with Crippen LogP contribution in [0.1, 0.15) is 25.3 Å². The Kier molecular flexibility index (Phi) is 4.55. The molecule has 1 aromatic rings. The van der Waals surface area contributed by atoms with Crippen LogP contribution in [-0.4, -0.2) is 25.0 Å². The van der Waals surface area contributed by atoms with Crippen LogP contribution in [0.5, 0.6) is 0 Å². The molecule has 20 heavy (non-hydrogen) atoms. The maximum absolute atomic E-state index is 11.8. The second kappa shape index (κ2) is 6.02.